The summed E-state index contributed by atoms with van der Waals surface area (Å²) in [6.07, 6.45) is 6.31. The van der Waals surface area contributed by atoms with Gasteiger partial charge in [0, 0.05) is 65.1 Å². The number of amides is 1. The molecule has 154 valence electrons. The molecule has 2 aromatic rings. The topological polar surface area (TPSA) is 77.5 Å². The van der Waals surface area contributed by atoms with Gasteiger partial charge in [0.25, 0.3) is 0 Å². The Morgan fingerprint density at radius 2 is 1.72 bits per heavy atom. The molecule has 2 saturated heterocycles. The summed E-state index contributed by atoms with van der Waals surface area (Å²) in [6, 6.07) is 7.92. The Labute approximate surface area is 172 Å². The Morgan fingerprint density at radius 3 is 2.41 bits per heavy atom. The van der Waals surface area contributed by atoms with E-state index in [1.165, 1.54) is 0 Å². The monoisotopic (exact) mass is 395 g/mol. The number of carbonyl (C=O) groups is 1. The Morgan fingerprint density at radius 1 is 0.966 bits per heavy atom. The van der Waals surface area contributed by atoms with E-state index in [-0.39, 0.29) is 0 Å². The Balaban J connectivity index is 1.23. The van der Waals surface area contributed by atoms with Gasteiger partial charge < -0.3 is 20.0 Å². The highest BCUT2D eigenvalue weighted by atomic mass is 16.2. The molecule has 1 N–H and O–H groups in total. The van der Waals surface area contributed by atoms with E-state index in [4.69, 9.17) is 0 Å². The minimum atomic E-state index is 0.295. The third-order valence-corrected chi connectivity index (χ3v) is 5.87. The predicted molar refractivity (Wildman–Crippen MR) is 114 cm³/mol. The van der Waals surface area contributed by atoms with Gasteiger partial charge in [0.2, 0.25) is 11.9 Å². The SMILES string of the molecule is CNc1nccc(N2CCC(CC(=O)N3CCN(c4ccccn4)CC3)CC2)n1. The third-order valence-electron chi connectivity index (χ3n) is 5.87. The zero-order chi connectivity index (χ0) is 20.1. The fourth-order valence-corrected chi connectivity index (χ4v) is 4.11. The highest BCUT2D eigenvalue weighted by Gasteiger charge is 2.27. The minimum absolute atomic E-state index is 0.295. The van der Waals surface area contributed by atoms with Crippen LogP contribution < -0.4 is 15.1 Å². The van der Waals surface area contributed by atoms with Gasteiger partial charge >= 0.3 is 0 Å². The average Bonchev–Trinajstić information content (AvgIpc) is 2.80. The molecule has 0 bridgehead atoms. The number of anilines is 3. The summed E-state index contributed by atoms with van der Waals surface area (Å²) in [5.41, 5.74) is 0. The molecule has 4 heterocycles. The van der Waals surface area contributed by atoms with E-state index in [1.807, 2.05) is 42.4 Å². The first-order valence-electron chi connectivity index (χ1n) is 10.4. The first kappa shape index (κ1) is 19.4. The molecule has 0 unspecified atom stereocenters. The number of hydrogen-bond acceptors (Lipinski definition) is 7. The highest BCUT2D eigenvalue weighted by molar-refractivity contribution is 5.76. The molecule has 4 rings (SSSR count). The molecule has 1 amide bonds. The van der Waals surface area contributed by atoms with Crippen molar-refractivity contribution < 1.29 is 4.79 Å². The second-order valence-electron chi connectivity index (χ2n) is 7.68. The van der Waals surface area contributed by atoms with Gasteiger partial charge in [-0.05, 0) is 37.0 Å². The number of aromatic nitrogens is 3. The normalized spacial score (nSPS) is 18.0. The summed E-state index contributed by atoms with van der Waals surface area (Å²) in [7, 11) is 1.83. The zero-order valence-corrected chi connectivity index (χ0v) is 17.0. The van der Waals surface area contributed by atoms with Crippen LogP contribution in [0.15, 0.2) is 36.7 Å². The highest BCUT2D eigenvalue weighted by Crippen LogP contribution is 2.25. The quantitative estimate of drug-likeness (QED) is 0.828. The number of pyridine rings is 1. The van der Waals surface area contributed by atoms with Crippen molar-refractivity contribution in [2.24, 2.45) is 5.92 Å². The maximum atomic E-state index is 12.8. The van der Waals surface area contributed by atoms with Gasteiger partial charge in [-0.15, -0.1) is 0 Å². The maximum Gasteiger partial charge on any atom is 0.224 e. The molecule has 0 spiro atoms. The third kappa shape index (κ3) is 4.75. The summed E-state index contributed by atoms with van der Waals surface area (Å²) >= 11 is 0. The van der Waals surface area contributed by atoms with Gasteiger partial charge in [-0.3, -0.25) is 4.79 Å². The smallest absolute Gasteiger partial charge is 0.224 e. The predicted octanol–water partition coefficient (Wildman–Crippen LogP) is 1.87. The summed E-state index contributed by atoms with van der Waals surface area (Å²) in [4.78, 5) is 32.5. The first-order valence-corrected chi connectivity index (χ1v) is 10.4. The molecular formula is C21H29N7O. The lowest BCUT2D eigenvalue weighted by atomic mass is 9.93. The first-order chi connectivity index (χ1) is 14.2. The standard InChI is InChI=1S/C21H29N7O/c1-22-21-24-9-5-19(25-21)26-10-6-17(7-11-26)16-20(29)28-14-12-27(13-15-28)18-4-2-3-8-23-18/h2-5,8-9,17H,6-7,10-16H2,1H3,(H,22,24,25). The van der Waals surface area contributed by atoms with E-state index in [0.717, 1.165) is 63.7 Å². The van der Waals surface area contributed by atoms with E-state index < -0.39 is 0 Å². The van der Waals surface area contributed by atoms with Crippen LogP contribution in [0.5, 0.6) is 0 Å². The Bertz CT molecular complexity index is 800. The van der Waals surface area contributed by atoms with E-state index in [2.05, 4.69) is 30.1 Å². The van der Waals surface area contributed by atoms with Crippen LogP contribution in [0.4, 0.5) is 17.6 Å². The van der Waals surface area contributed by atoms with Crippen LogP contribution in [0.3, 0.4) is 0 Å². The molecule has 2 fully saturated rings. The van der Waals surface area contributed by atoms with Crippen LogP contribution in [-0.2, 0) is 4.79 Å². The fraction of sp³-hybridized carbons (Fsp3) is 0.524. The van der Waals surface area contributed by atoms with Gasteiger partial charge in [0.05, 0.1) is 0 Å². The van der Waals surface area contributed by atoms with Gasteiger partial charge in [-0.25, -0.2) is 9.97 Å². The van der Waals surface area contributed by atoms with Crippen molar-refractivity contribution in [3.05, 3.63) is 36.7 Å². The number of nitrogens with zero attached hydrogens (tertiary/aromatic N) is 6. The van der Waals surface area contributed by atoms with E-state index in [1.54, 1.807) is 6.20 Å². The number of nitrogens with one attached hydrogen (secondary N) is 1. The lowest BCUT2D eigenvalue weighted by Gasteiger charge is -2.37. The summed E-state index contributed by atoms with van der Waals surface area (Å²) in [5, 5.41) is 2.98. The van der Waals surface area contributed by atoms with Gasteiger partial charge in [0.1, 0.15) is 11.6 Å². The molecule has 0 atom stereocenters. The van der Waals surface area contributed by atoms with E-state index in [0.29, 0.717) is 24.2 Å². The molecule has 0 saturated carbocycles. The van der Waals surface area contributed by atoms with E-state index >= 15 is 0 Å². The van der Waals surface area contributed by atoms with Crippen LogP contribution in [0.2, 0.25) is 0 Å². The Kier molecular flexibility index (Phi) is 6.07. The summed E-state index contributed by atoms with van der Waals surface area (Å²) in [6.45, 7) is 5.13. The lowest BCUT2D eigenvalue weighted by Crippen LogP contribution is -2.49. The molecular weight excluding hydrogens is 366 g/mol. The van der Waals surface area contributed by atoms with Crippen molar-refractivity contribution in [3.63, 3.8) is 0 Å². The Hall–Kier alpha value is -2.90. The van der Waals surface area contributed by atoms with Gasteiger partial charge in [0.15, 0.2) is 0 Å². The van der Waals surface area contributed by atoms with Crippen molar-refractivity contribution in [2.75, 3.05) is 61.4 Å². The molecule has 2 aliphatic rings. The summed E-state index contributed by atoms with van der Waals surface area (Å²) in [5.74, 6) is 3.35. The number of carbonyl (C=O) groups excluding carboxylic acids is 1. The molecule has 0 aromatic carbocycles. The largest absolute Gasteiger partial charge is 0.357 e. The lowest BCUT2D eigenvalue weighted by molar-refractivity contribution is -0.132. The van der Waals surface area contributed by atoms with Crippen molar-refractivity contribution in [3.8, 4) is 0 Å². The number of piperazine rings is 1. The van der Waals surface area contributed by atoms with Crippen molar-refractivity contribution >= 4 is 23.5 Å². The summed E-state index contributed by atoms with van der Waals surface area (Å²) < 4.78 is 0. The van der Waals surface area contributed by atoms with Crippen LogP contribution in [0, 0.1) is 5.92 Å². The van der Waals surface area contributed by atoms with E-state index in [9.17, 15) is 4.79 Å². The molecule has 2 aromatic heterocycles. The molecule has 8 nitrogen and oxygen atoms in total. The zero-order valence-electron chi connectivity index (χ0n) is 17.0. The average molecular weight is 396 g/mol. The van der Waals surface area contributed by atoms with Crippen LogP contribution in [0.25, 0.3) is 0 Å². The van der Waals surface area contributed by atoms with Gasteiger partial charge in [-0.2, -0.15) is 4.98 Å². The fourth-order valence-electron chi connectivity index (χ4n) is 4.11. The molecule has 2 aliphatic heterocycles. The second kappa shape index (κ2) is 9.07. The minimum Gasteiger partial charge on any atom is -0.357 e. The number of rotatable bonds is 5. The van der Waals surface area contributed by atoms with Crippen molar-refractivity contribution in [1.82, 2.24) is 19.9 Å². The van der Waals surface area contributed by atoms with Crippen LogP contribution in [0.1, 0.15) is 19.3 Å². The van der Waals surface area contributed by atoms with Crippen LogP contribution in [-0.4, -0.2) is 72.1 Å². The molecule has 0 aliphatic carbocycles. The maximum absolute atomic E-state index is 12.8. The molecule has 0 radical (unpaired) electrons. The van der Waals surface area contributed by atoms with Crippen molar-refractivity contribution in [1.29, 1.82) is 0 Å². The van der Waals surface area contributed by atoms with Crippen molar-refractivity contribution in [2.45, 2.75) is 19.3 Å². The van der Waals surface area contributed by atoms with Gasteiger partial charge in [-0.1, -0.05) is 6.07 Å². The molecule has 8 heteroatoms. The second-order valence-corrected chi connectivity index (χ2v) is 7.68. The molecule has 29 heavy (non-hydrogen) atoms. The van der Waals surface area contributed by atoms with Crippen LogP contribution >= 0.6 is 0 Å². The number of hydrogen-bond donors (Lipinski definition) is 1. The number of piperidine rings is 1.